The van der Waals surface area contributed by atoms with Gasteiger partial charge in [0.25, 0.3) is 0 Å². The van der Waals surface area contributed by atoms with Gasteiger partial charge >= 0.3 is 6.18 Å². The molecule has 1 rings (SSSR count). The third kappa shape index (κ3) is 2.64. The molecule has 0 radical (unpaired) electrons. The standard InChI is InChI=1S/C6H6ClF3N2.C2H6/c1-3-4(6(8,9)10)11-12(2)5(3)7;1-2/h1-2H3;1-2H3. The summed E-state index contributed by atoms with van der Waals surface area (Å²) in [4.78, 5) is 0. The summed E-state index contributed by atoms with van der Waals surface area (Å²) in [5.41, 5.74) is -0.957. The Morgan fingerprint density at radius 2 is 1.71 bits per heavy atom. The van der Waals surface area contributed by atoms with Crippen LogP contribution >= 0.6 is 11.6 Å². The summed E-state index contributed by atoms with van der Waals surface area (Å²) in [7, 11) is 1.37. The molecule has 6 heteroatoms. The fraction of sp³-hybridized carbons (Fsp3) is 0.625. The minimum Gasteiger partial charge on any atom is -0.256 e. The van der Waals surface area contributed by atoms with Crippen LogP contribution in [0.3, 0.4) is 0 Å². The Balaban J connectivity index is 0.000000791. The van der Waals surface area contributed by atoms with Crippen LogP contribution in [0.25, 0.3) is 0 Å². The number of nitrogens with zero attached hydrogens (tertiary/aromatic N) is 2. The van der Waals surface area contributed by atoms with Gasteiger partial charge < -0.3 is 0 Å². The topological polar surface area (TPSA) is 17.8 Å². The van der Waals surface area contributed by atoms with Gasteiger partial charge in [0.1, 0.15) is 5.15 Å². The van der Waals surface area contributed by atoms with Crippen LogP contribution in [0.5, 0.6) is 0 Å². The van der Waals surface area contributed by atoms with Gasteiger partial charge in [0.05, 0.1) is 0 Å². The Bertz CT molecular complexity index is 304. The SMILES string of the molecule is CC.Cc1c(C(F)(F)F)nn(C)c1Cl. The number of rotatable bonds is 0. The van der Waals surface area contributed by atoms with E-state index in [9.17, 15) is 13.2 Å². The normalized spacial score (nSPS) is 10.9. The van der Waals surface area contributed by atoms with E-state index in [0.717, 1.165) is 4.68 Å². The van der Waals surface area contributed by atoms with Crippen LogP contribution in [0, 0.1) is 6.92 Å². The molecule has 0 saturated carbocycles. The lowest BCUT2D eigenvalue weighted by atomic mass is 10.3. The van der Waals surface area contributed by atoms with Crippen molar-refractivity contribution in [3.63, 3.8) is 0 Å². The molecule has 0 amide bonds. The molecule has 0 bridgehead atoms. The van der Waals surface area contributed by atoms with E-state index >= 15 is 0 Å². The van der Waals surface area contributed by atoms with Gasteiger partial charge in [0, 0.05) is 12.6 Å². The Hall–Kier alpha value is -0.710. The second-order valence-electron chi connectivity index (χ2n) is 2.39. The molecule has 0 spiro atoms. The maximum atomic E-state index is 12.1. The van der Waals surface area contributed by atoms with E-state index in [4.69, 9.17) is 11.6 Å². The summed E-state index contributed by atoms with van der Waals surface area (Å²) in [5.74, 6) is 0. The van der Waals surface area contributed by atoms with Crippen LogP contribution in [-0.2, 0) is 13.2 Å². The first-order chi connectivity index (χ1) is 6.34. The molecule has 82 valence electrons. The highest BCUT2D eigenvalue weighted by molar-refractivity contribution is 6.30. The highest BCUT2D eigenvalue weighted by Gasteiger charge is 2.37. The van der Waals surface area contributed by atoms with Crippen molar-refractivity contribution in [3.05, 3.63) is 16.4 Å². The summed E-state index contributed by atoms with van der Waals surface area (Å²) in [6.07, 6.45) is -4.42. The molecule has 0 saturated heterocycles. The minimum absolute atomic E-state index is 0.0160. The van der Waals surface area contributed by atoms with Gasteiger partial charge in [-0.1, -0.05) is 25.4 Å². The molecule has 0 aliphatic heterocycles. The number of aromatic nitrogens is 2. The van der Waals surface area contributed by atoms with Crippen LogP contribution in [0.15, 0.2) is 0 Å². The molecule has 0 aromatic carbocycles. The smallest absolute Gasteiger partial charge is 0.256 e. The van der Waals surface area contributed by atoms with E-state index in [1.807, 2.05) is 13.8 Å². The third-order valence-electron chi connectivity index (χ3n) is 1.47. The van der Waals surface area contributed by atoms with Crippen LogP contribution in [0.4, 0.5) is 13.2 Å². The molecule has 1 aromatic heterocycles. The molecular weight excluding hydrogens is 217 g/mol. The zero-order valence-electron chi connectivity index (χ0n) is 8.41. The molecule has 1 heterocycles. The van der Waals surface area contributed by atoms with Gasteiger partial charge in [-0.15, -0.1) is 0 Å². The predicted molar refractivity (Wildman–Crippen MR) is 49.3 cm³/mol. The number of aryl methyl sites for hydroxylation is 1. The lowest BCUT2D eigenvalue weighted by Gasteiger charge is -2.01. The van der Waals surface area contributed by atoms with E-state index in [2.05, 4.69) is 5.10 Å². The fourth-order valence-corrected chi connectivity index (χ4v) is 1.01. The average molecular weight is 229 g/mol. The van der Waals surface area contributed by atoms with Gasteiger partial charge in [-0.3, -0.25) is 4.68 Å². The Morgan fingerprint density at radius 1 is 1.29 bits per heavy atom. The van der Waals surface area contributed by atoms with E-state index in [1.165, 1.54) is 14.0 Å². The number of alkyl halides is 3. The maximum absolute atomic E-state index is 12.1. The van der Waals surface area contributed by atoms with Crippen molar-refractivity contribution in [3.8, 4) is 0 Å². The molecule has 0 aliphatic carbocycles. The second kappa shape index (κ2) is 4.68. The Labute approximate surface area is 85.7 Å². The highest BCUT2D eigenvalue weighted by Crippen LogP contribution is 2.33. The van der Waals surface area contributed by atoms with Crippen molar-refractivity contribution in [1.82, 2.24) is 9.78 Å². The van der Waals surface area contributed by atoms with E-state index in [1.54, 1.807) is 0 Å². The second-order valence-corrected chi connectivity index (χ2v) is 2.74. The monoisotopic (exact) mass is 228 g/mol. The molecule has 0 fully saturated rings. The molecular formula is C8H12ClF3N2. The first-order valence-corrected chi connectivity index (χ1v) is 4.48. The van der Waals surface area contributed by atoms with Crippen LogP contribution in [-0.4, -0.2) is 9.78 Å². The molecule has 0 unspecified atom stereocenters. The number of halogens is 4. The number of hydrogen-bond acceptors (Lipinski definition) is 1. The zero-order chi connectivity index (χ0) is 11.5. The van der Waals surface area contributed by atoms with Crippen molar-refractivity contribution < 1.29 is 13.2 Å². The summed E-state index contributed by atoms with van der Waals surface area (Å²) >= 11 is 5.50. The highest BCUT2D eigenvalue weighted by atomic mass is 35.5. The average Bonchev–Trinajstić information content (AvgIpc) is 2.36. The van der Waals surface area contributed by atoms with Crippen molar-refractivity contribution in [2.75, 3.05) is 0 Å². The first-order valence-electron chi connectivity index (χ1n) is 4.10. The lowest BCUT2D eigenvalue weighted by molar-refractivity contribution is -0.141. The summed E-state index contributed by atoms with van der Waals surface area (Å²) in [6, 6.07) is 0. The van der Waals surface area contributed by atoms with Crippen molar-refractivity contribution in [2.24, 2.45) is 7.05 Å². The minimum atomic E-state index is -4.42. The molecule has 0 aliphatic rings. The van der Waals surface area contributed by atoms with E-state index in [-0.39, 0.29) is 10.7 Å². The van der Waals surface area contributed by atoms with E-state index < -0.39 is 11.9 Å². The van der Waals surface area contributed by atoms with Crippen LogP contribution in [0.1, 0.15) is 25.1 Å². The molecule has 0 atom stereocenters. The molecule has 2 nitrogen and oxygen atoms in total. The Kier molecular flexibility index (Phi) is 4.45. The predicted octanol–water partition coefficient (Wildman–Crippen LogP) is 3.43. The van der Waals surface area contributed by atoms with Crippen LogP contribution in [0.2, 0.25) is 5.15 Å². The van der Waals surface area contributed by atoms with Crippen LogP contribution < -0.4 is 0 Å². The van der Waals surface area contributed by atoms with Gasteiger partial charge in [-0.2, -0.15) is 18.3 Å². The van der Waals surface area contributed by atoms with Gasteiger partial charge in [-0.05, 0) is 6.92 Å². The molecule has 1 aromatic rings. The summed E-state index contributed by atoms with van der Waals surface area (Å²) < 4.78 is 37.3. The summed E-state index contributed by atoms with van der Waals surface area (Å²) in [5, 5.41) is 3.26. The van der Waals surface area contributed by atoms with Crippen molar-refractivity contribution in [1.29, 1.82) is 0 Å². The quantitative estimate of drug-likeness (QED) is 0.665. The van der Waals surface area contributed by atoms with Gasteiger partial charge in [0.15, 0.2) is 5.69 Å². The van der Waals surface area contributed by atoms with Crippen molar-refractivity contribution >= 4 is 11.6 Å². The maximum Gasteiger partial charge on any atom is 0.435 e. The zero-order valence-corrected chi connectivity index (χ0v) is 9.16. The lowest BCUT2D eigenvalue weighted by Crippen LogP contribution is -2.08. The largest absolute Gasteiger partial charge is 0.435 e. The van der Waals surface area contributed by atoms with Gasteiger partial charge in [0.2, 0.25) is 0 Å². The Morgan fingerprint density at radius 3 is 1.86 bits per heavy atom. The summed E-state index contributed by atoms with van der Waals surface area (Å²) in [6.45, 7) is 5.29. The molecule has 0 N–H and O–H groups in total. The van der Waals surface area contributed by atoms with E-state index in [0.29, 0.717) is 0 Å². The van der Waals surface area contributed by atoms with Crippen molar-refractivity contribution in [2.45, 2.75) is 26.9 Å². The third-order valence-corrected chi connectivity index (χ3v) is 2.00. The van der Waals surface area contributed by atoms with Gasteiger partial charge in [-0.25, -0.2) is 0 Å². The fourth-order valence-electron chi connectivity index (χ4n) is 0.879. The molecule has 14 heavy (non-hydrogen) atoms. The first kappa shape index (κ1) is 13.3. The number of hydrogen-bond donors (Lipinski definition) is 0.